The van der Waals surface area contributed by atoms with E-state index in [4.69, 9.17) is 10.2 Å². The van der Waals surface area contributed by atoms with Crippen molar-refractivity contribution in [3.63, 3.8) is 0 Å². The summed E-state index contributed by atoms with van der Waals surface area (Å²) in [4.78, 5) is 0. The largest absolute Gasteiger partial charge is 0.396 e. The quantitative estimate of drug-likeness (QED) is 0.370. The summed E-state index contributed by atoms with van der Waals surface area (Å²) in [5.74, 6) is -0.0290. The molecule has 0 saturated heterocycles. The zero-order valence-electron chi connectivity index (χ0n) is 13.0. The van der Waals surface area contributed by atoms with Crippen molar-refractivity contribution >= 4 is 0 Å². The van der Waals surface area contributed by atoms with Crippen LogP contribution >= 0.6 is 0 Å². The van der Waals surface area contributed by atoms with Gasteiger partial charge in [-0.25, -0.2) is 0 Å². The molecule has 3 unspecified atom stereocenters. The van der Waals surface area contributed by atoms with E-state index in [1.54, 1.807) is 0 Å². The Kier molecular flexibility index (Phi) is 13.7. The average Bonchev–Trinajstić information content (AvgIpc) is 2.44. The number of rotatable bonds is 14. The van der Waals surface area contributed by atoms with Crippen LogP contribution in [0.4, 0.5) is 0 Å². The Morgan fingerprint density at radius 1 is 0.750 bits per heavy atom. The maximum Gasteiger partial charge on any atom is 0.0590 e. The zero-order valence-corrected chi connectivity index (χ0v) is 13.0. The summed E-state index contributed by atoms with van der Waals surface area (Å²) < 4.78 is 0. The Bertz CT molecular complexity index is 195. The molecule has 0 aliphatic rings. The van der Waals surface area contributed by atoms with E-state index in [0.29, 0.717) is 6.42 Å². The van der Waals surface area contributed by atoms with Crippen LogP contribution in [0.1, 0.15) is 71.1 Å². The van der Waals surface area contributed by atoms with E-state index in [0.717, 1.165) is 57.8 Å². The van der Waals surface area contributed by atoms with Crippen LogP contribution in [0.15, 0.2) is 0 Å². The third kappa shape index (κ3) is 10.6. The van der Waals surface area contributed by atoms with E-state index in [9.17, 15) is 10.2 Å². The van der Waals surface area contributed by atoms with E-state index in [2.05, 4.69) is 0 Å². The first-order chi connectivity index (χ1) is 9.65. The van der Waals surface area contributed by atoms with Crippen molar-refractivity contribution < 1.29 is 20.4 Å². The monoisotopic (exact) mass is 290 g/mol. The molecule has 4 nitrogen and oxygen atoms in total. The first-order valence-electron chi connectivity index (χ1n) is 8.23. The molecule has 3 atom stereocenters. The van der Waals surface area contributed by atoms with Crippen LogP contribution in [0.5, 0.6) is 0 Å². The predicted molar refractivity (Wildman–Crippen MR) is 81.5 cm³/mol. The fourth-order valence-electron chi connectivity index (χ4n) is 2.49. The highest BCUT2D eigenvalue weighted by molar-refractivity contribution is 4.68. The summed E-state index contributed by atoms with van der Waals surface area (Å²) in [5, 5.41) is 37.4. The summed E-state index contributed by atoms with van der Waals surface area (Å²) in [6.45, 7) is 2.28. The second kappa shape index (κ2) is 13.8. The van der Waals surface area contributed by atoms with Gasteiger partial charge in [-0.1, -0.05) is 32.6 Å². The van der Waals surface area contributed by atoms with Gasteiger partial charge in [0.1, 0.15) is 0 Å². The normalized spacial score (nSPS) is 16.1. The van der Waals surface area contributed by atoms with Crippen LogP contribution in [-0.2, 0) is 0 Å². The van der Waals surface area contributed by atoms with Crippen LogP contribution in [0, 0.1) is 5.92 Å². The van der Waals surface area contributed by atoms with Gasteiger partial charge >= 0.3 is 0 Å². The average molecular weight is 290 g/mol. The second-order valence-corrected chi connectivity index (χ2v) is 5.78. The SMILES string of the molecule is CCC(CO)C(O)CCCC(O)CCCCCCCO. The van der Waals surface area contributed by atoms with Gasteiger partial charge in [-0.05, 0) is 38.5 Å². The van der Waals surface area contributed by atoms with Crippen molar-refractivity contribution in [1.82, 2.24) is 0 Å². The Hall–Kier alpha value is -0.160. The molecule has 0 spiro atoms. The Morgan fingerprint density at radius 3 is 1.95 bits per heavy atom. The number of hydrogen-bond acceptors (Lipinski definition) is 4. The molecule has 0 aromatic rings. The number of unbranched alkanes of at least 4 members (excludes halogenated alkanes) is 4. The van der Waals surface area contributed by atoms with Crippen molar-refractivity contribution in [3.05, 3.63) is 0 Å². The Balaban J connectivity index is 3.46. The predicted octanol–water partition coefficient (Wildman–Crippen LogP) is 2.23. The number of hydrogen-bond donors (Lipinski definition) is 4. The van der Waals surface area contributed by atoms with Crippen molar-refractivity contribution in [2.24, 2.45) is 5.92 Å². The molecule has 0 aliphatic carbocycles. The highest BCUT2D eigenvalue weighted by Gasteiger charge is 2.16. The van der Waals surface area contributed by atoms with Crippen LogP contribution in [-0.4, -0.2) is 45.8 Å². The van der Waals surface area contributed by atoms with Gasteiger partial charge in [0.25, 0.3) is 0 Å². The fourth-order valence-corrected chi connectivity index (χ4v) is 2.49. The van der Waals surface area contributed by atoms with Gasteiger partial charge in [0.05, 0.1) is 12.2 Å². The van der Waals surface area contributed by atoms with Crippen LogP contribution in [0.3, 0.4) is 0 Å². The lowest BCUT2D eigenvalue weighted by Gasteiger charge is -2.19. The van der Waals surface area contributed by atoms with Crippen LogP contribution < -0.4 is 0 Å². The van der Waals surface area contributed by atoms with Crippen molar-refractivity contribution in [1.29, 1.82) is 0 Å². The summed E-state index contributed by atoms with van der Waals surface area (Å²) in [6, 6.07) is 0. The Morgan fingerprint density at radius 2 is 1.35 bits per heavy atom. The molecule has 122 valence electrons. The minimum Gasteiger partial charge on any atom is -0.396 e. The highest BCUT2D eigenvalue weighted by atomic mass is 16.3. The summed E-state index contributed by atoms with van der Waals surface area (Å²) in [6.07, 6.45) is 8.31. The summed E-state index contributed by atoms with van der Waals surface area (Å²) in [7, 11) is 0. The molecule has 0 amide bonds. The van der Waals surface area contributed by atoms with Crippen LogP contribution in [0.25, 0.3) is 0 Å². The lowest BCUT2D eigenvalue weighted by Crippen LogP contribution is -2.23. The number of aliphatic hydroxyl groups excluding tert-OH is 4. The van der Waals surface area contributed by atoms with Gasteiger partial charge in [0.15, 0.2) is 0 Å². The molecule has 4 heteroatoms. The molecule has 0 radical (unpaired) electrons. The lowest BCUT2D eigenvalue weighted by atomic mass is 9.95. The molecule has 0 fully saturated rings. The van der Waals surface area contributed by atoms with Crippen molar-refractivity contribution in [2.45, 2.75) is 83.3 Å². The second-order valence-electron chi connectivity index (χ2n) is 5.78. The van der Waals surface area contributed by atoms with E-state index in [1.165, 1.54) is 0 Å². The zero-order chi connectivity index (χ0) is 15.2. The van der Waals surface area contributed by atoms with Gasteiger partial charge in [0, 0.05) is 19.1 Å². The molecule has 4 N–H and O–H groups in total. The lowest BCUT2D eigenvalue weighted by molar-refractivity contribution is 0.0527. The minimum atomic E-state index is -0.448. The topological polar surface area (TPSA) is 80.9 Å². The van der Waals surface area contributed by atoms with Gasteiger partial charge in [-0.2, -0.15) is 0 Å². The summed E-state index contributed by atoms with van der Waals surface area (Å²) in [5.41, 5.74) is 0. The molecule has 20 heavy (non-hydrogen) atoms. The van der Waals surface area contributed by atoms with Gasteiger partial charge in [-0.3, -0.25) is 0 Å². The molecule has 0 bridgehead atoms. The third-order valence-electron chi connectivity index (χ3n) is 4.04. The van der Waals surface area contributed by atoms with Crippen molar-refractivity contribution in [2.75, 3.05) is 13.2 Å². The molecular formula is C16H34O4. The fraction of sp³-hybridized carbons (Fsp3) is 1.00. The maximum atomic E-state index is 9.86. The standard InChI is InChI=1S/C16H34O4/c1-2-14(13-18)16(20)11-8-10-15(19)9-6-4-3-5-7-12-17/h14-20H,2-13H2,1H3. The third-order valence-corrected chi connectivity index (χ3v) is 4.04. The first-order valence-corrected chi connectivity index (χ1v) is 8.23. The first kappa shape index (κ1) is 19.8. The molecule has 0 aromatic heterocycles. The van der Waals surface area contributed by atoms with Gasteiger partial charge < -0.3 is 20.4 Å². The van der Waals surface area contributed by atoms with E-state index in [-0.39, 0.29) is 25.2 Å². The smallest absolute Gasteiger partial charge is 0.0590 e. The Labute approximate surface area is 123 Å². The van der Waals surface area contributed by atoms with E-state index >= 15 is 0 Å². The van der Waals surface area contributed by atoms with Gasteiger partial charge in [-0.15, -0.1) is 0 Å². The van der Waals surface area contributed by atoms with Crippen LogP contribution in [0.2, 0.25) is 0 Å². The summed E-state index contributed by atoms with van der Waals surface area (Å²) >= 11 is 0. The van der Waals surface area contributed by atoms with E-state index < -0.39 is 6.10 Å². The molecule has 0 aliphatic heterocycles. The van der Waals surface area contributed by atoms with Gasteiger partial charge in [0.2, 0.25) is 0 Å². The highest BCUT2D eigenvalue weighted by Crippen LogP contribution is 2.16. The molecule has 0 heterocycles. The van der Waals surface area contributed by atoms with Crippen molar-refractivity contribution in [3.8, 4) is 0 Å². The molecule has 0 saturated carbocycles. The number of aliphatic hydroxyl groups is 4. The molecule has 0 aromatic carbocycles. The minimum absolute atomic E-state index is 0.0290. The van der Waals surface area contributed by atoms with E-state index in [1.807, 2.05) is 6.92 Å². The maximum absolute atomic E-state index is 9.86. The molecular weight excluding hydrogens is 256 g/mol. The molecule has 0 rings (SSSR count).